The Bertz CT molecular complexity index is 598. The molecule has 1 heterocycles. The fraction of sp³-hybridized carbons (Fsp3) is 0.286. The Kier molecular flexibility index (Phi) is 4.47. The van der Waals surface area contributed by atoms with Crippen LogP contribution < -0.4 is 5.32 Å². The molecule has 1 unspecified atom stereocenters. The predicted octanol–water partition coefficient (Wildman–Crippen LogP) is 2.25. The van der Waals surface area contributed by atoms with Crippen molar-refractivity contribution in [3.05, 3.63) is 41.9 Å². The van der Waals surface area contributed by atoms with Crippen LogP contribution >= 0.6 is 0 Å². The van der Waals surface area contributed by atoms with Gasteiger partial charge in [0.25, 0.3) is 5.91 Å². The number of aromatic nitrogens is 1. The van der Waals surface area contributed by atoms with Gasteiger partial charge in [0.2, 0.25) is 5.76 Å². The van der Waals surface area contributed by atoms with Crippen LogP contribution in [0.4, 0.5) is 4.39 Å². The summed E-state index contributed by atoms with van der Waals surface area (Å²) in [6, 6.07) is 7.26. The van der Waals surface area contributed by atoms with E-state index in [4.69, 9.17) is 9.26 Å². The zero-order chi connectivity index (χ0) is 14.5. The Morgan fingerprint density at radius 3 is 3.00 bits per heavy atom. The zero-order valence-corrected chi connectivity index (χ0v) is 11.2. The van der Waals surface area contributed by atoms with Crippen LogP contribution in [0.1, 0.15) is 17.5 Å². The van der Waals surface area contributed by atoms with E-state index in [-0.39, 0.29) is 23.5 Å². The smallest absolute Gasteiger partial charge is 0.290 e. The molecule has 2 aromatic rings. The molecule has 0 saturated carbocycles. The van der Waals surface area contributed by atoms with Gasteiger partial charge in [0.1, 0.15) is 11.5 Å². The van der Waals surface area contributed by atoms with E-state index in [1.54, 1.807) is 19.2 Å². The maximum atomic E-state index is 13.1. The number of rotatable bonds is 5. The maximum absolute atomic E-state index is 13.1. The van der Waals surface area contributed by atoms with Gasteiger partial charge in [0.05, 0.1) is 6.61 Å². The third kappa shape index (κ3) is 3.42. The summed E-state index contributed by atoms with van der Waals surface area (Å²) in [4.78, 5) is 11.9. The lowest BCUT2D eigenvalue weighted by Crippen LogP contribution is -2.35. The van der Waals surface area contributed by atoms with E-state index >= 15 is 0 Å². The van der Waals surface area contributed by atoms with Crippen molar-refractivity contribution in [3.63, 3.8) is 0 Å². The van der Waals surface area contributed by atoms with Crippen LogP contribution in [0.3, 0.4) is 0 Å². The summed E-state index contributed by atoms with van der Waals surface area (Å²) in [6.07, 6.45) is 0. The summed E-state index contributed by atoms with van der Waals surface area (Å²) in [5.74, 6) is -0.679. The van der Waals surface area contributed by atoms with Gasteiger partial charge in [-0.3, -0.25) is 4.79 Å². The molecule has 20 heavy (non-hydrogen) atoms. The van der Waals surface area contributed by atoms with Crippen molar-refractivity contribution in [2.24, 2.45) is 0 Å². The number of nitrogens with zero attached hydrogens (tertiary/aromatic N) is 1. The number of methoxy groups -OCH3 is 1. The first kappa shape index (κ1) is 14.2. The fourth-order valence-electron chi connectivity index (χ4n) is 1.75. The molecule has 1 amide bonds. The number of hydrogen-bond acceptors (Lipinski definition) is 4. The van der Waals surface area contributed by atoms with Gasteiger partial charge in [0, 0.05) is 24.8 Å². The highest BCUT2D eigenvalue weighted by atomic mass is 19.1. The number of hydrogen-bond donors (Lipinski definition) is 1. The third-order valence-corrected chi connectivity index (χ3v) is 2.65. The predicted molar refractivity (Wildman–Crippen MR) is 70.7 cm³/mol. The summed E-state index contributed by atoms with van der Waals surface area (Å²) in [5.41, 5.74) is 0.965. The SMILES string of the molecule is COCC(C)NC(=O)c1cc(-c2cccc(F)c2)no1. The van der Waals surface area contributed by atoms with Gasteiger partial charge in [-0.1, -0.05) is 17.3 Å². The van der Waals surface area contributed by atoms with E-state index in [9.17, 15) is 9.18 Å². The van der Waals surface area contributed by atoms with E-state index in [0.29, 0.717) is 17.9 Å². The van der Waals surface area contributed by atoms with Gasteiger partial charge >= 0.3 is 0 Å². The highest BCUT2D eigenvalue weighted by Gasteiger charge is 2.16. The minimum absolute atomic E-state index is 0.0761. The first-order chi connectivity index (χ1) is 9.60. The number of amides is 1. The van der Waals surface area contributed by atoms with Crippen LogP contribution in [-0.4, -0.2) is 30.8 Å². The van der Waals surface area contributed by atoms with Gasteiger partial charge < -0.3 is 14.6 Å². The summed E-state index contributed by atoms with van der Waals surface area (Å²) in [5, 5.41) is 6.47. The van der Waals surface area contributed by atoms with Gasteiger partial charge in [0.15, 0.2) is 0 Å². The van der Waals surface area contributed by atoms with Crippen molar-refractivity contribution in [3.8, 4) is 11.3 Å². The Labute approximate surface area is 115 Å². The Morgan fingerprint density at radius 2 is 2.30 bits per heavy atom. The monoisotopic (exact) mass is 278 g/mol. The number of benzene rings is 1. The number of carbonyl (C=O) groups is 1. The molecule has 0 radical (unpaired) electrons. The second-order valence-electron chi connectivity index (χ2n) is 4.42. The summed E-state index contributed by atoms with van der Waals surface area (Å²) >= 11 is 0. The molecule has 6 heteroatoms. The van der Waals surface area contributed by atoms with E-state index < -0.39 is 0 Å². The summed E-state index contributed by atoms with van der Waals surface area (Å²) < 4.78 is 23.0. The van der Waals surface area contributed by atoms with Crippen molar-refractivity contribution in [1.82, 2.24) is 10.5 Å². The number of nitrogens with one attached hydrogen (secondary N) is 1. The van der Waals surface area contributed by atoms with Crippen molar-refractivity contribution >= 4 is 5.91 Å². The molecule has 1 aromatic heterocycles. The van der Waals surface area contributed by atoms with Crippen LogP contribution in [0.2, 0.25) is 0 Å². The average Bonchev–Trinajstić information content (AvgIpc) is 2.88. The van der Waals surface area contributed by atoms with Crippen LogP contribution in [0, 0.1) is 5.82 Å². The summed E-state index contributed by atoms with van der Waals surface area (Å²) in [7, 11) is 1.55. The van der Waals surface area contributed by atoms with Gasteiger partial charge in [-0.15, -0.1) is 0 Å². The van der Waals surface area contributed by atoms with Crippen molar-refractivity contribution in [1.29, 1.82) is 0 Å². The van der Waals surface area contributed by atoms with Gasteiger partial charge in [-0.25, -0.2) is 4.39 Å². The van der Waals surface area contributed by atoms with Crippen molar-refractivity contribution in [2.45, 2.75) is 13.0 Å². The molecule has 1 N–H and O–H groups in total. The van der Waals surface area contributed by atoms with Crippen LogP contribution in [0.5, 0.6) is 0 Å². The minimum Gasteiger partial charge on any atom is -0.383 e. The standard InChI is InChI=1S/C14H15FN2O3/c1-9(8-19-2)16-14(18)13-7-12(17-20-13)10-4-3-5-11(15)6-10/h3-7,9H,8H2,1-2H3,(H,16,18). The highest BCUT2D eigenvalue weighted by molar-refractivity contribution is 5.92. The lowest BCUT2D eigenvalue weighted by molar-refractivity contribution is 0.0869. The third-order valence-electron chi connectivity index (χ3n) is 2.65. The topological polar surface area (TPSA) is 64.4 Å². The molecule has 0 aliphatic rings. The second-order valence-corrected chi connectivity index (χ2v) is 4.42. The Hall–Kier alpha value is -2.21. The van der Waals surface area contributed by atoms with Crippen LogP contribution in [-0.2, 0) is 4.74 Å². The molecule has 0 bridgehead atoms. The Balaban J connectivity index is 2.11. The average molecular weight is 278 g/mol. The van der Waals surface area contributed by atoms with Crippen LogP contribution in [0.25, 0.3) is 11.3 Å². The van der Waals surface area contributed by atoms with E-state index in [1.807, 2.05) is 6.92 Å². The molecule has 0 spiro atoms. The molecule has 1 aromatic carbocycles. The highest BCUT2D eigenvalue weighted by Crippen LogP contribution is 2.19. The van der Waals surface area contributed by atoms with E-state index in [1.165, 1.54) is 18.2 Å². The van der Waals surface area contributed by atoms with Gasteiger partial charge in [-0.2, -0.15) is 0 Å². The Morgan fingerprint density at radius 1 is 1.50 bits per heavy atom. The van der Waals surface area contributed by atoms with Crippen LogP contribution in [0.15, 0.2) is 34.9 Å². The molecular formula is C14H15FN2O3. The molecule has 2 rings (SSSR count). The van der Waals surface area contributed by atoms with Gasteiger partial charge in [-0.05, 0) is 19.1 Å². The molecule has 0 saturated heterocycles. The summed E-state index contributed by atoms with van der Waals surface area (Å²) in [6.45, 7) is 2.21. The second kappa shape index (κ2) is 6.29. The van der Waals surface area contributed by atoms with E-state index in [0.717, 1.165) is 0 Å². The quantitative estimate of drug-likeness (QED) is 0.911. The normalized spacial score (nSPS) is 12.2. The molecule has 1 atom stereocenters. The number of carbonyl (C=O) groups excluding carboxylic acids is 1. The molecule has 0 aliphatic heterocycles. The molecular weight excluding hydrogens is 263 g/mol. The first-order valence-electron chi connectivity index (χ1n) is 6.12. The van der Waals surface area contributed by atoms with Crippen molar-refractivity contribution in [2.75, 3.05) is 13.7 Å². The number of halogens is 1. The van der Waals surface area contributed by atoms with Crippen molar-refractivity contribution < 1.29 is 18.4 Å². The molecule has 0 fully saturated rings. The largest absolute Gasteiger partial charge is 0.383 e. The number of ether oxygens (including phenoxy) is 1. The lowest BCUT2D eigenvalue weighted by Gasteiger charge is -2.10. The first-order valence-corrected chi connectivity index (χ1v) is 6.12. The molecule has 106 valence electrons. The fourth-order valence-corrected chi connectivity index (χ4v) is 1.75. The maximum Gasteiger partial charge on any atom is 0.290 e. The zero-order valence-electron chi connectivity index (χ0n) is 11.2. The molecule has 5 nitrogen and oxygen atoms in total. The molecule has 0 aliphatic carbocycles. The minimum atomic E-state index is -0.385. The lowest BCUT2D eigenvalue weighted by atomic mass is 10.1. The van der Waals surface area contributed by atoms with E-state index in [2.05, 4.69) is 10.5 Å².